The van der Waals surface area contributed by atoms with Gasteiger partial charge in [0.25, 0.3) is 0 Å². The summed E-state index contributed by atoms with van der Waals surface area (Å²) in [5.74, 6) is 1.70. The lowest BCUT2D eigenvalue weighted by atomic mass is 10.2. The summed E-state index contributed by atoms with van der Waals surface area (Å²) >= 11 is 5.97. The number of rotatable bonds is 5. The number of halogens is 1. The maximum absolute atomic E-state index is 5.97. The summed E-state index contributed by atoms with van der Waals surface area (Å²) < 4.78 is 11.0. The third kappa shape index (κ3) is 3.63. The number of aryl methyl sites for hydroxylation is 1. The van der Waals surface area contributed by atoms with Gasteiger partial charge in [0.2, 0.25) is 11.8 Å². The molecule has 6 heteroatoms. The van der Waals surface area contributed by atoms with E-state index < -0.39 is 0 Å². The highest BCUT2D eigenvalue weighted by molar-refractivity contribution is 6.30. The summed E-state index contributed by atoms with van der Waals surface area (Å²) in [6.07, 6.45) is 0. The first kappa shape index (κ1) is 15.4. The molecule has 2 aromatic carbocycles. The maximum atomic E-state index is 5.97. The number of benzene rings is 2. The lowest BCUT2D eigenvalue weighted by Gasteiger charge is -2.10. The van der Waals surface area contributed by atoms with E-state index >= 15 is 0 Å². The molecule has 0 bridgehead atoms. The van der Waals surface area contributed by atoms with E-state index in [2.05, 4.69) is 15.5 Å². The molecule has 1 N–H and O–H groups in total. The van der Waals surface area contributed by atoms with Crippen molar-refractivity contribution >= 4 is 17.3 Å². The number of anilines is 1. The minimum atomic E-state index is 0.410. The first-order valence-electron chi connectivity index (χ1n) is 7.12. The van der Waals surface area contributed by atoms with Gasteiger partial charge in [0.15, 0.2) is 0 Å². The highest BCUT2D eigenvalue weighted by Crippen LogP contribution is 2.26. The van der Waals surface area contributed by atoms with Crippen LogP contribution in [0.15, 0.2) is 46.9 Å². The Labute approximate surface area is 139 Å². The van der Waals surface area contributed by atoms with Crippen molar-refractivity contribution in [2.24, 2.45) is 0 Å². The quantitative estimate of drug-likeness (QED) is 0.755. The molecule has 1 heterocycles. The standard InChI is InChI=1S/C17H16ClN3O2/c1-11-6-7-15(22-2)14(8-11)19-10-16-20-21-17(23-16)12-4-3-5-13(18)9-12/h3-9,19H,10H2,1-2H3. The van der Waals surface area contributed by atoms with Crippen molar-refractivity contribution in [2.45, 2.75) is 13.5 Å². The summed E-state index contributed by atoms with van der Waals surface area (Å²) in [6, 6.07) is 13.2. The first-order chi connectivity index (χ1) is 11.2. The van der Waals surface area contributed by atoms with Crippen molar-refractivity contribution < 1.29 is 9.15 Å². The number of methoxy groups -OCH3 is 1. The molecule has 0 saturated carbocycles. The van der Waals surface area contributed by atoms with E-state index in [0.717, 1.165) is 22.6 Å². The summed E-state index contributed by atoms with van der Waals surface area (Å²) in [4.78, 5) is 0. The number of nitrogens with zero attached hydrogens (tertiary/aromatic N) is 2. The van der Waals surface area contributed by atoms with Crippen molar-refractivity contribution in [1.29, 1.82) is 0 Å². The van der Waals surface area contributed by atoms with Crippen molar-refractivity contribution in [3.8, 4) is 17.2 Å². The number of ether oxygens (including phenoxy) is 1. The minimum absolute atomic E-state index is 0.410. The first-order valence-corrected chi connectivity index (χ1v) is 7.50. The SMILES string of the molecule is COc1ccc(C)cc1NCc1nnc(-c2cccc(Cl)c2)o1. The van der Waals surface area contributed by atoms with Gasteiger partial charge in [-0.2, -0.15) is 0 Å². The molecule has 0 aliphatic heterocycles. The predicted molar refractivity (Wildman–Crippen MR) is 89.8 cm³/mol. The van der Waals surface area contributed by atoms with Crippen LogP contribution in [0.25, 0.3) is 11.5 Å². The molecular weight excluding hydrogens is 314 g/mol. The van der Waals surface area contributed by atoms with Gasteiger partial charge in [-0.25, -0.2) is 0 Å². The number of hydrogen-bond acceptors (Lipinski definition) is 5. The average Bonchev–Trinajstić information content (AvgIpc) is 3.02. The molecule has 0 unspecified atom stereocenters. The van der Waals surface area contributed by atoms with E-state index in [1.165, 1.54) is 0 Å². The largest absolute Gasteiger partial charge is 0.495 e. The molecular formula is C17H16ClN3O2. The third-order valence-corrected chi connectivity index (χ3v) is 3.56. The van der Waals surface area contributed by atoms with Crippen LogP contribution in [0.1, 0.15) is 11.5 Å². The molecule has 1 aromatic heterocycles. The molecule has 0 aliphatic carbocycles. The van der Waals surface area contributed by atoms with Gasteiger partial charge in [0, 0.05) is 10.6 Å². The minimum Gasteiger partial charge on any atom is -0.495 e. The maximum Gasteiger partial charge on any atom is 0.247 e. The fourth-order valence-electron chi connectivity index (χ4n) is 2.19. The van der Waals surface area contributed by atoms with Crippen molar-refractivity contribution in [3.63, 3.8) is 0 Å². The Bertz CT molecular complexity index is 817. The van der Waals surface area contributed by atoms with Crippen molar-refractivity contribution in [3.05, 3.63) is 58.9 Å². The Balaban J connectivity index is 1.74. The van der Waals surface area contributed by atoms with Crippen LogP contribution in [0.2, 0.25) is 5.02 Å². The van der Waals surface area contributed by atoms with Gasteiger partial charge in [-0.1, -0.05) is 23.7 Å². The molecule has 5 nitrogen and oxygen atoms in total. The predicted octanol–water partition coefficient (Wildman–Crippen LogP) is 4.32. The fraction of sp³-hybridized carbons (Fsp3) is 0.176. The van der Waals surface area contributed by atoms with Crippen molar-refractivity contribution in [1.82, 2.24) is 10.2 Å². The van der Waals surface area contributed by atoms with E-state index in [9.17, 15) is 0 Å². The molecule has 3 rings (SSSR count). The topological polar surface area (TPSA) is 60.2 Å². The molecule has 23 heavy (non-hydrogen) atoms. The normalized spacial score (nSPS) is 10.6. The van der Waals surface area contributed by atoms with Crippen LogP contribution in [0.5, 0.6) is 5.75 Å². The summed E-state index contributed by atoms with van der Waals surface area (Å²) in [5, 5.41) is 12.0. The van der Waals surface area contributed by atoms with E-state index in [0.29, 0.717) is 23.3 Å². The average molecular weight is 330 g/mol. The second-order valence-electron chi connectivity index (χ2n) is 5.07. The Morgan fingerprint density at radius 1 is 1.17 bits per heavy atom. The lowest BCUT2D eigenvalue weighted by molar-refractivity contribution is 0.416. The Kier molecular flexibility index (Phi) is 4.48. The zero-order valence-electron chi connectivity index (χ0n) is 12.8. The Hall–Kier alpha value is -2.53. The van der Waals surface area contributed by atoms with Crippen molar-refractivity contribution in [2.75, 3.05) is 12.4 Å². The van der Waals surface area contributed by atoms with Gasteiger partial charge in [-0.05, 0) is 42.8 Å². The van der Waals surface area contributed by atoms with Gasteiger partial charge in [0.1, 0.15) is 5.75 Å². The smallest absolute Gasteiger partial charge is 0.247 e. The second kappa shape index (κ2) is 6.71. The van der Waals surface area contributed by atoms with Crippen LogP contribution in [0.4, 0.5) is 5.69 Å². The van der Waals surface area contributed by atoms with Crippen LogP contribution < -0.4 is 10.1 Å². The van der Waals surface area contributed by atoms with E-state index in [1.54, 1.807) is 19.2 Å². The summed E-state index contributed by atoms with van der Waals surface area (Å²) in [5.41, 5.74) is 2.82. The van der Waals surface area contributed by atoms with Crippen LogP contribution >= 0.6 is 11.6 Å². The molecule has 0 atom stereocenters. The van der Waals surface area contributed by atoms with Gasteiger partial charge < -0.3 is 14.5 Å². The second-order valence-corrected chi connectivity index (χ2v) is 5.51. The van der Waals surface area contributed by atoms with E-state index in [4.69, 9.17) is 20.8 Å². The molecule has 0 spiro atoms. The van der Waals surface area contributed by atoms with Gasteiger partial charge in [-0.15, -0.1) is 10.2 Å². The molecule has 0 radical (unpaired) electrons. The number of nitrogens with one attached hydrogen (secondary N) is 1. The van der Waals surface area contributed by atoms with E-state index in [-0.39, 0.29) is 0 Å². The molecule has 0 aliphatic rings. The monoisotopic (exact) mass is 329 g/mol. The molecule has 0 saturated heterocycles. The van der Waals surface area contributed by atoms with Crippen LogP contribution in [0.3, 0.4) is 0 Å². The van der Waals surface area contributed by atoms with Gasteiger partial charge >= 0.3 is 0 Å². The Morgan fingerprint density at radius 3 is 2.83 bits per heavy atom. The summed E-state index contributed by atoms with van der Waals surface area (Å²) in [7, 11) is 1.64. The van der Waals surface area contributed by atoms with Gasteiger partial charge in [0.05, 0.1) is 19.3 Å². The highest BCUT2D eigenvalue weighted by Gasteiger charge is 2.10. The lowest BCUT2D eigenvalue weighted by Crippen LogP contribution is -2.02. The molecule has 0 amide bonds. The molecule has 118 valence electrons. The van der Waals surface area contributed by atoms with E-state index in [1.807, 2.05) is 37.3 Å². The van der Waals surface area contributed by atoms with Crippen LogP contribution in [-0.2, 0) is 6.54 Å². The zero-order valence-corrected chi connectivity index (χ0v) is 13.6. The van der Waals surface area contributed by atoms with Crippen LogP contribution in [0, 0.1) is 6.92 Å². The third-order valence-electron chi connectivity index (χ3n) is 3.32. The molecule has 3 aromatic rings. The van der Waals surface area contributed by atoms with Gasteiger partial charge in [-0.3, -0.25) is 0 Å². The molecule has 0 fully saturated rings. The fourth-order valence-corrected chi connectivity index (χ4v) is 2.38. The van der Waals surface area contributed by atoms with Crippen LogP contribution in [-0.4, -0.2) is 17.3 Å². The summed E-state index contributed by atoms with van der Waals surface area (Å²) in [6.45, 7) is 2.43. The highest BCUT2D eigenvalue weighted by atomic mass is 35.5. The zero-order chi connectivity index (χ0) is 16.2. The Morgan fingerprint density at radius 2 is 2.04 bits per heavy atom. The number of aromatic nitrogens is 2. The number of hydrogen-bond donors (Lipinski definition) is 1.